The van der Waals surface area contributed by atoms with E-state index in [0.717, 1.165) is 51.1 Å². The topological polar surface area (TPSA) is 35.6 Å². The number of nitrogens with one attached hydrogen (secondary N) is 1. The molecule has 0 radical (unpaired) electrons. The van der Waals surface area contributed by atoms with E-state index in [-0.39, 0.29) is 11.9 Å². The number of piperazine rings is 1. The number of aryl methyl sites for hydroxylation is 1. The molecule has 0 aliphatic carbocycles. The minimum atomic E-state index is -0.166. The SMILES string of the molecule is CCCN(CCC)C(=O)C(c1ccc(C)cc1)N1CCNCC1C. The molecular formula is C20H33N3O. The minimum Gasteiger partial charge on any atom is -0.341 e. The van der Waals surface area contributed by atoms with Crippen LogP contribution in [0.3, 0.4) is 0 Å². The summed E-state index contributed by atoms with van der Waals surface area (Å²) in [6.45, 7) is 13.1. The third-order valence-electron chi connectivity index (χ3n) is 4.81. The van der Waals surface area contributed by atoms with Gasteiger partial charge in [0.05, 0.1) is 0 Å². The monoisotopic (exact) mass is 331 g/mol. The zero-order chi connectivity index (χ0) is 17.5. The van der Waals surface area contributed by atoms with Crippen molar-refractivity contribution in [1.82, 2.24) is 15.1 Å². The number of amides is 1. The average molecular weight is 332 g/mol. The highest BCUT2D eigenvalue weighted by atomic mass is 16.2. The number of carbonyl (C=O) groups is 1. The molecule has 4 nitrogen and oxygen atoms in total. The maximum atomic E-state index is 13.4. The van der Waals surface area contributed by atoms with Crippen LogP contribution in [0.4, 0.5) is 0 Å². The predicted octanol–water partition coefficient (Wildman–Crippen LogP) is 2.98. The van der Waals surface area contributed by atoms with Crippen molar-refractivity contribution in [2.75, 3.05) is 32.7 Å². The third kappa shape index (κ3) is 4.58. The molecule has 1 aliphatic heterocycles. The maximum absolute atomic E-state index is 13.4. The van der Waals surface area contributed by atoms with Gasteiger partial charge in [-0.25, -0.2) is 0 Å². The van der Waals surface area contributed by atoms with Crippen molar-refractivity contribution in [3.05, 3.63) is 35.4 Å². The van der Waals surface area contributed by atoms with E-state index in [2.05, 4.69) is 67.1 Å². The molecule has 2 atom stereocenters. The predicted molar refractivity (Wildman–Crippen MR) is 100 cm³/mol. The number of rotatable bonds is 7. The Hall–Kier alpha value is -1.39. The second kappa shape index (κ2) is 9.19. The van der Waals surface area contributed by atoms with Gasteiger partial charge in [0.2, 0.25) is 5.91 Å². The average Bonchev–Trinajstić information content (AvgIpc) is 2.58. The number of carbonyl (C=O) groups excluding carboxylic acids is 1. The normalized spacial score (nSPS) is 19.9. The van der Waals surface area contributed by atoms with Crippen molar-refractivity contribution in [3.63, 3.8) is 0 Å². The van der Waals surface area contributed by atoms with Gasteiger partial charge in [0.1, 0.15) is 6.04 Å². The van der Waals surface area contributed by atoms with Crippen LogP contribution in [0.5, 0.6) is 0 Å². The van der Waals surface area contributed by atoms with E-state index < -0.39 is 0 Å². The van der Waals surface area contributed by atoms with Gasteiger partial charge in [-0.2, -0.15) is 0 Å². The molecule has 2 rings (SSSR count). The van der Waals surface area contributed by atoms with E-state index in [4.69, 9.17) is 0 Å². The Morgan fingerprint density at radius 3 is 2.42 bits per heavy atom. The van der Waals surface area contributed by atoms with E-state index in [1.165, 1.54) is 5.56 Å². The van der Waals surface area contributed by atoms with Crippen LogP contribution in [0.15, 0.2) is 24.3 Å². The molecule has 1 aromatic rings. The van der Waals surface area contributed by atoms with Crippen molar-refractivity contribution in [3.8, 4) is 0 Å². The van der Waals surface area contributed by atoms with Crippen LogP contribution in [0.1, 0.15) is 50.8 Å². The first-order valence-electron chi connectivity index (χ1n) is 9.40. The molecule has 1 heterocycles. The molecule has 24 heavy (non-hydrogen) atoms. The molecule has 1 N–H and O–H groups in total. The van der Waals surface area contributed by atoms with Gasteiger partial charge < -0.3 is 10.2 Å². The first kappa shape index (κ1) is 18.9. The van der Waals surface area contributed by atoms with E-state index in [1.807, 2.05) is 0 Å². The van der Waals surface area contributed by atoms with Crippen LogP contribution in [0.25, 0.3) is 0 Å². The molecule has 0 aromatic heterocycles. The van der Waals surface area contributed by atoms with Crippen LogP contribution >= 0.6 is 0 Å². The van der Waals surface area contributed by atoms with Crippen LogP contribution < -0.4 is 5.32 Å². The Labute approximate surface area is 147 Å². The van der Waals surface area contributed by atoms with Crippen molar-refractivity contribution >= 4 is 5.91 Å². The third-order valence-corrected chi connectivity index (χ3v) is 4.81. The molecule has 1 amide bonds. The fourth-order valence-electron chi connectivity index (χ4n) is 3.51. The molecule has 4 heteroatoms. The molecular weight excluding hydrogens is 298 g/mol. The lowest BCUT2D eigenvalue weighted by Crippen LogP contribution is -2.54. The summed E-state index contributed by atoms with van der Waals surface area (Å²) in [7, 11) is 0. The number of nitrogens with zero attached hydrogens (tertiary/aromatic N) is 2. The molecule has 0 saturated carbocycles. The van der Waals surface area contributed by atoms with Gasteiger partial charge in [0, 0.05) is 38.8 Å². The summed E-state index contributed by atoms with van der Waals surface area (Å²) in [5.41, 5.74) is 2.36. The molecule has 1 fully saturated rings. The lowest BCUT2D eigenvalue weighted by Gasteiger charge is -2.41. The molecule has 134 valence electrons. The van der Waals surface area contributed by atoms with Crippen LogP contribution in [0, 0.1) is 6.92 Å². The molecule has 1 saturated heterocycles. The molecule has 1 aliphatic rings. The van der Waals surface area contributed by atoms with Crippen LogP contribution in [0.2, 0.25) is 0 Å². The van der Waals surface area contributed by atoms with Crippen molar-refractivity contribution < 1.29 is 4.79 Å². The first-order chi connectivity index (χ1) is 11.6. The summed E-state index contributed by atoms with van der Waals surface area (Å²) in [5.74, 6) is 0.260. The fraction of sp³-hybridized carbons (Fsp3) is 0.650. The summed E-state index contributed by atoms with van der Waals surface area (Å²) in [6.07, 6.45) is 2.01. The van der Waals surface area contributed by atoms with Crippen molar-refractivity contribution in [1.29, 1.82) is 0 Å². The van der Waals surface area contributed by atoms with Gasteiger partial charge in [-0.1, -0.05) is 43.7 Å². The van der Waals surface area contributed by atoms with Gasteiger partial charge in [-0.05, 0) is 32.3 Å². The van der Waals surface area contributed by atoms with Crippen molar-refractivity contribution in [2.24, 2.45) is 0 Å². The molecule has 2 unspecified atom stereocenters. The fourth-order valence-corrected chi connectivity index (χ4v) is 3.51. The summed E-state index contributed by atoms with van der Waals surface area (Å²) >= 11 is 0. The highest BCUT2D eigenvalue weighted by molar-refractivity contribution is 5.83. The van der Waals surface area contributed by atoms with Crippen molar-refractivity contribution in [2.45, 2.75) is 52.6 Å². The number of hydrogen-bond acceptors (Lipinski definition) is 3. The second-order valence-electron chi connectivity index (χ2n) is 6.93. The highest BCUT2D eigenvalue weighted by Gasteiger charge is 2.34. The van der Waals surface area contributed by atoms with E-state index in [1.54, 1.807) is 0 Å². The Morgan fingerprint density at radius 1 is 1.25 bits per heavy atom. The lowest BCUT2D eigenvalue weighted by molar-refractivity contribution is -0.138. The molecule has 1 aromatic carbocycles. The molecule has 0 bridgehead atoms. The van der Waals surface area contributed by atoms with Crippen LogP contribution in [-0.4, -0.2) is 54.5 Å². The summed E-state index contributed by atoms with van der Waals surface area (Å²) in [5, 5.41) is 3.43. The Balaban J connectivity index is 2.33. The number of hydrogen-bond donors (Lipinski definition) is 1. The largest absolute Gasteiger partial charge is 0.341 e. The standard InChI is InChI=1S/C20H33N3O/c1-5-12-22(13-6-2)20(24)19(18-9-7-16(3)8-10-18)23-14-11-21-15-17(23)4/h7-10,17,19,21H,5-6,11-15H2,1-4H3. The van der Waals surface area contributed by atoms with Crippen LogP contribution in [-0.2, 0) is 4.79 Å². The van der Waals surface area contributed by atoms with Gasteiger partial charge in [0.15, 0.2) is 0 Å². The van der Waals surface area contributed by atoms with E-state index >= 15 is 0 Å². The number of benzene rings is 1. The highest BCUT2D eigenvalue weighted by Crippen LogP contribution is 2.27. The first-order valence-corrected chi connectivity index (χ1v) is 9.40. The Morgan fingerprint density at radius 2 is 1.88 bits per heavy atom. The van der Waals surface area contributed by atoms with Gasteiger partial charge in [0.25, 0.3) is 0 Å². The quantitative estimate of drug-likeness (QED) is 0.834. The summed E-state index contributed by atoms with van der Waals surface area (Å²) in [4.78, 5) is 17.8. The zero-order valence-corrected chi connectivity index (χ0v) is 15.7. The summed E-state index contributed by atoms with van der Waals surface area (Å²) in [6, 6.07) is 8.68. The zero-order valence-electron chi connectivity index (χ0n) is 15.7. The Bertz CT molecular complexity index is 508. The van der Waals surface area contributed by atoms with E-state index in [9.17, 15) is 4.79 Å². The minimum absolute atomic E-state index is 0.166. The van der Waals surface area contributed by atoms with E-state index in [0.29, 0.717) is 6.04 Å². The second-order valence-corrected chi connectivity index (χ2v) is 6.93. The smallest absolute Gasteiger partial charge is 0.244 e. The van der Waals surface area contributed by atoms with Gasteiger partial charge >= 0.3 is 0 Å². The molecule has 0 spiro atoms. The Kier molecular flexibility index (Phi) is 7.25. The lowest BCUT2D eigenvalue weighted by atomic mass is 9.99. The summed E-state index contributed by atoms with van der Waals surface area (Å²) < 4.78 is 0. The van der Waals surface area contributed by atoms with Gasteiger partial charge in [-0.15, -0.1) is 0 Å². The van der Waals surface area contributed by atoms with Gasteiger partial charge in [-0.3, -0.25) is 9.69 Å². The maximum Gasteiger partial charge on any atom is 0.244 e.